The highest BCUT2D eigenvalue weighted by molar-refractivity contribution is 9.10. The first-order chi connectivity index (χ1) is 16.5. The Kier molecular flexibility index (Phi) is 8.15. The molecule has 0 saturated heterocycles. The summed E-state index contributed by atoms with van der Waals surface area (Å²) in [5.41, 5.74) is 5.95. The van der Waals surface area contributed by atoms with Gasteiger partial charge < -0.3 is 14.9 Å². The second-order valence-corrected chi connectivity index (χ2v) is 9.26. The second-order valence-electron chi connectivity index (χ2n) is 7.20. The number of nitrogens with one attached hydrogen (secondary N) is 2. The molecule has 3 aromatic carbocycles. The maximum atomic E-state index is 6.28. The van der Waals surface area contributed by atoms with Crippen LogP contribution in [0.3, 0.4) is 0 Å². The SMILES string of the molecule is CCOc1cc(CNn2c(-c3ccccc3)n[nH]c2=S)c(Br)cc1OCc1c(Cl)cccc1Cl. The van der Waals surface area contributed by atoms with E-state index in [1.807, 2.05) is 49.4 Å². The van der Waals surface area contributed by atoms with Gasteiger partial charge in [-0.25, -0.2) is 9.77 Å². The van der Waals surface area contributed by atoms with Gasteiger partial charge in [-0.15, -0.1) is 0 Å². The zero-order chi connectivity index (χ0) is 24.1. The lowest BCUT2D eigenvalue weighted by Crippen LogP contribution is -2.16. The Labute approximate surface area is 220 Å². The lowest BCUT2D eigenvalue weighted by Gasteiger charge is -2.17. The Morgan fingerprint density at radius 3 is 2.44 bits per heavy atom. The molecule has 0 fully saturated rings. The molecule has 0 aliphatic rings. The molecule has 10 heteroatoms. The predicted molar refractivity (Wildman–Crippen MR) is 142 cm³/mol. The minimum Gasteiger partial charge on any atom is -0.490 e. The van der Waals surface area contributed by atoms with E-state index in [4.69, 9.17) is 44.9 Å². The molecule has 0 spiro atoms. The summed E-state index contributed by atoms with van der Waals surface area (Å²) >= 11 is 21.6. The summed E-state index contributed by atoms with van der Waals surface area (Å²) in [6, 6.07) is 19.0. The molecule has 34 heavy (non-hydrogen) atoms. The molecule has 0 radical (unpaired) electrons. The van der Waals surface area contributed by atoms with Crippen molar-refractivity contribution in [1.82, 2.24) is 14.9 Å². The van der Waals surface area contributed by atoms with Crippen molar-refractivity contribution in [3.8, 4) is 22.9 Å². The van der Waals surface area contributed by atoms with E-state index in [1.165, 1.54) is 0 Å². The van der Waals surface area contributed by atoms with E-state index >= 15 is 0 Å². The summed E-state index contributed by atoms with van der Waals surface area (Å²) in [5, 5.41) is 8.30. The molecule has 0 atom stereocenters. The lowest BCUT2D eigenvalue weighted by atomic mass is 10.2. The minimum absolute atomic E-state index is 0.216. The summed E-state index contributed by atoms with van der Waals surface area (Å²) in [6.45, 7) is 3.09. The quantitative estimate of drug-likeness (QED) is 0.202. The van der Waals surface area contributed by atoms with Crippen LogP contribution in [0, 0.1) is 4.77 Å². The van der Waals surface area contributed by atoms with Crippen LogP contribution in [0.15, 0.2) is 65.1 Å². The molecular formula is C24H21BrCl2N4O2S. The Morgan fingerprint density at radius 2 is 1.74 bits per heavy atom. The van der Waals surface area contributed by atoms with Gasteiger partial charge in [0.15, 0.2) is 17.3 Å². The van der Waals surface area contributed by atoms with Crippen molar-refractivity contribution in [3.05, 3.63) is 91.1 Å². The minimum atomic E-state index is 0.216. The molecule has 6 nitrogen and oxygen atoms in total. The van der Waals surface area contributed by atoms with Crippen molar-refractivity contribution in [2.75, 3.05) is 12.0 Å². The number of hydrogen-bond acceptors (Lipinski definition) is 5. The number of nitrogens with zero attached hydrogens (tertiary/aromatic N) is 2. The number of rotatable bonds is 9. The Bertz CT molecular complexity index is 1320. The van der Waals surface area contributed by atoms with E-state index in [-0.39, 0.29) is 6.61 Å². The Balaban J connectivity index is 1.56. The smallest absolute Gasteiger partial charge is 0.214 e. The number of aromatic amines is 1. The van der Waals surface area contributed by atoms with Gasteiger partial charge in [-0.1, -0.05) is 75.5 Å². The van der Waals surface area contributed by atoms with E-state index in [2.05, 4.69) is 31.6 Å². The molecule has 2 N–H and O–H groups in total. The van der Waals surface area contributed by atoms with Crippen LogP contribution in [0.5, 0.6) is 11.5 Å². The Morgan fingerprint density at radius 1 is 1.03 bits per heavy atom. The van der Waals surface area contributed by atoms with Crippen LogP contribution in [-0.2, 0) is 13.2 Å². The van der Waals surface area contributed by atoms with Crippen LogP contribution in [0.25, 0.3) is 11.4 Å². The maximum Gasteiger partial charge on any atom is 0.214 e. The van der Waals surface area contributed by atoms with Crippen molar-refractivity contribution >= 4 is 51.3 Å². The third kappa shape index (κ3) is 5.58. The van der Waals surface area contributed by atoms with Crippen LogP contribution in [-0.4, -0.2) is 21.5 Å². The fourth-order valence-electron chi connectivity index (χ4n) is 3.30. The third-order valence-electron chi connectivity index (χ3n) is 4.98. The summed E-state index contributed by atoms with van der Waals surface area (Å²) < 4.78 is 15.0. The Hall–Kier alpha value is -2.52. The van der Waals surface area contributed by atoms with Gasteiger partial charge in [0, 0.05) is 25.6 Å². The molecule has 1 heterocycles. The lowest BCUT2D eigenvalue weighted by molar-refractivity contribution is 0.269. The standard InChI is InChI=1S/C24H21BrCl2N4O2S/c1-2-32-21-11-16(13-28-31-23(29-30-24(31)34)15-7-4-3-5-8-15)18(25)12-22(21)33-14-17-19(26)9-6-10-20(17)27/h3-12,28H,2,13-14H2,1H3,(H,30,34). The highest BCUT2D eigenvalue weighted by Crippen LogP contribution is 2.35. The summed E-state index contributed by atoms with van der Waals surface area (Å²) in [6.07, 6.45) is 0. The number of hydrogen-bond donors (Lipinski definition) is 2. The maximum absolute atomic E-state index is 6.28. The molecule has 176 valence electrons. The van der Waals surface area contributed by atoms with E-state index in [0.717, 1.165) is 21.2 Å². The van der Waals surface area contributed by atoms with Crippen LogP contribution in [0.4, 0.5) is 0 Å². The van der Waals surface area contributed by atoms with Gasteiger partial charge >= 0.3 is 0 Å². The second kappa shape index (κ2) is 11.3. The average molecular weight is 580 g/mol. The first kappa shape index (κ1) is 24.6. The van der Waals surface area contributed by atoms with E-state index in [1.54, 1.807) is 22.9 Å². The van der Waals surface area contributed by atoms with Gasteiger partial charge in [-0.05, 0) is 49.0 Å². The largest absolute Gasteiger partial charge is 0.490 e. The zero-order valence-corrected chi connectivity index (χ0v) is 22.1. The first-order valence-corrected chi connectivity index (χ1v) is 12.4. The fraction of sp³-hybridized carbons (Fsp3) is 0.167. The molecule has 0 bridgehead atoms. The fourth-order valence-corrected chi connectivity index (χ4v) is 4.47. The average Bonchev–Trinajstić information content (AvgIpc) is 3.20. The van der Waals surface area contributed by atoms with Gasteiger partial charge in [0.05, 0.1) is 13.2 Å². The van der Waals surface area contributed by atoms with E-state index < -0.39 is 0 Å². The van der Waals surface area contributed by atoms with Gasteiger partial charge in [0.1, 0.15) is 6.61 Å². The molecule has 4 aromatic rings. The molecule has 0 aliphatic heterocycles. The molecule has 1 aromatic heterocycles. The molecule has 0 amide bonds. The number of H-pyrrole nitrogens is 1. The van der Waals surface area contributed by atoms with Crippen LogP contribution in [0.2, 0.25) is 10.0 Å². The topological polar surface area (TPSA) is 64.1 Å². The van der Waals surface area contributed by atoms with Gasteiger partial charge in [0.2, 0.25) is 4.77 Å². The van der Waals surface area contributed by atoms with Crippen molar-refractivity contribution in [3.63, 3.8) is 0 Å². The van der Waals surface area contributed by atoms with Crippen molar-refractivity contribution in [1.29, 1.82) is 0 Å². The molecular weight excluding hydrogens is 559 g/mol. The number of ether oxygens (including phenoxy) is 2. The molecule has 0 saturated carbocycles. The van der Waals surface area contributed by atoms with Gasteiger partial charge in [-0.3, -0.25) is 0 Å². The summed E-state index contributed by atoms with van der Waals surface area (Å²) in [5.74, 6) is 1.89. The predicted octanol–water partition coefficient (Wildman–Crippen LogP) is 7.40. The van der Waals surface area contributed by atoms with Crippen molar-refractivity contribution in [2.24, 2.45) is 0 Å². The zero-order valence-electron chi connectivity index (χ0n) is 18.1. The molecule has 4 rings (SSSR count). The number of aromatic nitrogens is 3. The van der Waals surface area contributed by atoms with E-state index in [9.17, 15) is 0 Å². The van der Waals surface area contributed by atoms with E-state index in [0.29, 0.717) is 45.3 Å². The highest BCUT2D eigenvalue weighted by atomic mass is 79.9. The number of halogens is 3. The van der Waals surface area contributed by atoms with Crippen molar-refractivity contribution < 1.29 is 9.47 Å². The normalized spacial score (nSPS) is 10.8. The number of benzene rings is 3. The monoisotopic (exact) mass is 578 g/mol. The highest BCUT2D eigenvalue weighted by Gasteiger charge is 2.15. The first-order valence-electron chi connectivity index (χ1n) is 10.5. The third-order valence-corrected chi connectivity index (χ3v) is 6.70. The van der Waals surface area contributed by atoms with Gasteiger partial charge in [-0.2, -0.15) is 5.10 Å². The van der Waals surface area contributed by atoms with Crippen LogP contribution in [0.1, 0.15) is 18.1 Å². The van der Waals surface area contributed by atoms with Gasteiger partial charge in [0.25, 0.3) is 0 Å². The van der Waals surface area contributed by atoms with Crippen molar-refractivity contribution in [2.45, 2.75) is 20.1 Å². The molecule has 0 unspecified atom stereocenters. The van der Waals surface area contributed by atoms with Crippen LogP contribution >= 0.6 is 51.3 Å². The summed E-state index contributed by atoms with van der Waals surface area (Å²) in [7, 11) is 0. The summed E-state index contributed by atoms with van der Waals surface area (Å²) in [4.78, 5) is 0. The molecule has 0 aliphatic carbocycles. The van der Waals surface area contributed by atoms with Crippen LogP contribution < -0.4 is 14.9 Å².